The van der Waals surface area contributed by atoms with Crippen LogP contribution in [0.5, 0.6) is 0 Å². The van der Waals surface area contributed by atoms with Crippen LogP contribution in [0, 0.1) is 0 Å². The molecule has 0 amide bonds. The van der Waals surface area contributed by atoms with Gasteiger partial charge in [0.25, 0.3) is 0 Å². The van der Waals surface area contributed by atoms with Crippen LogP contribution in [-0.4, -0.2) is 23.7 Å². The van der Waals surface area contributed by atoms with Crippen molar-refractivity contribution in [3.8, 4) is 0 Å². The first-order valence-electron chi connectivity index (χ1n) is 6.45. The lowest BCUT2D eigenvalue weighted by Crippen LogP contribution is -2.44. The van der Waals surface area contributed by atoms with Gasteiger partial charge >= 0.3 is 0 Å². The van der Waals surface area contributed by atoms with E-state index in [9.17, 15) is 9.59 Å². The Morgan fingerprint density at radius 1 is 1.00 bits per heavy atom. The molecule has 1 saturated heterocycles. The second kappa shape index (κ2) is 6.79. The molecule has 0 spiro atoms. The van der Waals surface area contributed by atoms with Crippen LogP contribution in [0.2, 0.25) is 0 Å². The molecule has 0 aromatic rings. The van der Waals surface area contributed by atoms with Crippen molar-refractivity contribution in [3.05, 3.63) is 0 Å². The number of hydrogen-bond acceptors (Lipinski definition) is 3. The number of nitrogens with one attached hydrogen (secondary N) is 1. The van der Waals surface area contributed by atoms with Crippen LogP contribution >= 0.6 is 0 Å². The monoisotopic (exact) mass is 225 g/mol. The molecule has 2 unspecified atom stereocenters. The fourth-order valence-electron chi connectivity index (χ4n) is 2.27. The highest BCUT2D eigenvalue weighted by atomic mass is 16.1. The van der Waals surface area contributed by atoms with Crippen LogP contribution in [0.25, 0.3) is 0 Å². The first-order chi connectivity index (χ1) is 7.65. The molecule has 1 N–H and O–H groups in total. The summed E-state index contributed by atoms with van der Waals surface area (Å²) >= 11 is 0. The molecule has 1 aliphatic heterocycles. The van der Waals surface area contributed by atoms with E-state index >= 15 is 0 Å². The van der Waals surface area contributed by atoms with Gasteiger partial charge in [0.2, 0.25) is 0 Å². The molecule has 0 bridgehead atoms. The van der Waals surface area contributed by atoms with E-state index in [1.807, 2.05) is 13.8 Å². The number of piperidine rings is 1. The number of rotatable bonds is 6. The van der Waals surface area contributed by atoms with Gasteiger partial charge in [-0.3, -0.25) is 9.59 Å². The zero-order valence-electron chi connectivity index (χ0n) is 10.4. The Kier molecular flexibility index (Phi) is 5.67. The van der Waals surface area contributed by atoms with Gasteiger partial charge in [-0.2, -0.15) is 0 Å². The minimum absolute atomic E-state index is 0.302. The van der Waals surface area contributed by atoms with Gasteiger partial charge in [-0.15, -0.1) is 0 Å². The molecule has 16 heavy (non-hydrogen) atoms. The number of ketones is 2. The Bertz CT molecular complexity index is 226. The maximum atomic E-state index is 11.4. The summed E-state index contributed by atoms with van der Waals surface area (Å²) in [5, 5.41) is 3.44. The molecule has 1 fully saturated rings. The Balaban J connectivity index is 2.35. The van der Waals surface area contributed by atoms with Crippen molar-refractivity contribution >= 4 is 11.6 Å². The summed E-state index contributed by atoms with van der Waals surface area (Å²) in [5.41, 5.74) is 0. The fraction of sp³-hybridized carbons (Fsp3) is 0.846. The molecule has 0 saturated carbocycles. The molecule has 0 aromatic heterocycles. The first-order valence-corrected chi connectivity index (χ1v) is 6.45. The van der Waals surface area contributed by atoms with Crippen LogP contribution in [0.4, 0.5) is 0 Å². The van der Waals surface area contributed by atoms with Crippen molar-refractivity contribution in [3.63, 3.8) is 0 Å². The van der Waals surface area contributed by atoms with E-state index in [4.69, 9.17) is 0 Å². The third-order valence-corrected chi connectivity index (χ3v) is 3.31. The maximum absolute atomic E-state index is 11.4. The number of carbonyl (C=O) groups is 2. The van der Waals surface area contributed by atoms with E-state index in [2.05, 4.69) is 5.32 Å². The van der Waals surface area contributed by atoms with Crippen molar-refractivity contribution in [2.75, 3.05) is 0 Å². The summed E-state index contributed by atoms with van der Waals surface area (Å²) in [6.45, 7) is 3.81. The lowest BCUT2D eigenvalue weighted by molar-refractivity contribution is -0.119. The van der Waals surface area contributed by atoms with Gasteiger partial charge in [0, 0.05) is 37.8 Å². The lowest BCUT2D eigenvalue weighted by Gasteiger charge is -2.30. The number of Topliss-reactive ketones (excluding diaryl/α,β-unsaturated/α-hetero) is 2. The molecule has 92 valence electrons. The van der Waals surface area contributed by atoms with E-state index in [-0.39, 0.29) is 0 Å². The van der Waals surface area contributed by atoms with Gasteiger partial charge in [0.15, 0.2) is 0 Å². The quantitative estimate of drug-likeness (QED) is 0.754. The highest BCUT2D eigenvalue weighted by Crippen LogP contribution is 2.18. The van der Waals surface area contributed by atoms with Gasteiger partial charge in [-0.25, -0.2) is 0 Å². The molecule has 3 nitrogen and oxygen atoms in total. The fourth-order valence-corrected chi connectivity index (χ4v) is 2.27. The van der Waals surface area contributed by atoms with Gasteiger partial charge in [0.1, 0.15) is 11.6 Å². The summed E-state index contributed by atoms with van der Waals surface area (Å²) in [7, 11) is 0. The zero-order valence-corrected chi connectivity index (χ0v) is 10.4. The average Bonchev–Trinajstić information content (AvgIpc) is 2.29. The molecule has 1 heterocycles. The van der Waals surface area contributed by atoms with Crippen molar-refractivity contribution in [2.45, 2.75) is 70.9 Å². The van der Waals surface area contributed by atoms with Gasteiger partial charge in [-0.1, -0.05) is 20.3 Å². The Labute approximate surface area is 98.0 Å². The van der Waals surface area contributed by atoms with Crippen LogP contribution in [0.1, 0.15) is 58.8 Å². The standard InChI is InChI=1S/C13H23NO2/c1-3-12(15)8-10-6-5-7-11(14-10)9-13(16)4-2/h10-11,14H,3-9H2,1-2H3. The number of carbonyl (C=O) groups excluding carboxylic acids is 2. The molecule has 0 aromatic carbocycles. The predicted octanol–water partition coefficient (Wildman–Crippen LogP) is 2.24. The Morgan fingerprint density at radius 3 is 1.81 bits per heavy atom. The Morgan fingerprint density at radius 2 is 1.44 bits per heavy atom. The highest BCUT2D eigenvalue weighted by Gasteiger charge is 2.23. The van der Waals surface area contributed by atoms with Gasteiger partial charge in [-0.05, 0) is 12.8 Å². The van der Waals surface area contributed by atoms with E-state index in [1.54, 1.807) is 0 Å². The zero-order chi connectivity index (χ0) is 12.0. The van der Waals surface area contributed by atoms with E-state index in [0.717, 1.165) is 19.3 Å². The van der Waals surface area contributed by atoms with Gasteiger partial charge < -0.3 is 5.32 Å². The molecule has 1 aliphatic rings. The van der Waals surface area contributed by atoms with Crippen LogP contribution in [0.15, 0.2) is 0 Å². The van der Waals surface area contributed by atoms with Crippen molar-refractivity contribution < 1.29 is 9.59 Å². The van der Waals surface area contributed by atoms with Gasteiger partial charge in [0.05, 0.1) is 0 Å². The van der Waals surface area contributed by atoms with Crippen LogP contribution in [0.3, 0.4) is 0 Å². The maximum Gasteiger partial charge on any atom is 0.134 e. The Hall–Kier alpha value is -0.700. The SMILES string of the molecule is CCC(=O)CC1CCCC(CC(=O)CC)N1. The topological polar surface area (TPSA) is 46.2 Å². The third kappa shape index (κ3) is 4.44. The first kappa shape index (κ1) is 13.4. The van der Waals surface area contributed by atoms with Crippen molar-refractivity contribution in [1.82, 2.24) is 5.32 Å². The largest absolute Gasteiger partial charge is 0.310 e. The summed E-state index contributed by atoms with van der Waals surface area (Å²) in [4.78, 5) is 22.7. The highest BCUT2D eigenvalue weighted by molar-refractivity contribution is 5.79. The normalized spacial score (nSPS) is 25.4. The summed E-state index contributed by atoms with van der Waals surface area (Å²) in [6, 6.07) is 0.603. The van der Waals surface area contributed by atoms with Crippen LogP contribution < -0.4 is 5.32 Å². The molecule has 1 rings (SSSR count). The summed E-state index contributed by atoms with van der Waals surface area (Å²) in [5.74, 6) is 0.639. The number of hydrogen-bond donors (Lipinski definition) is 1. The average molecular weight is 225 g/mol. The second-order valence-electron chi connectivity index (χ2n) is 4.68. The molecular weight excluding hydrogens is 202 g/mol. The molecule has 3 heteroatoms. The lowest BCUT2D eigenvalue weighted by atomic mass is 9.92. The predicted molar refractivity (Wildman–Crippen MR) is 64.4 cm³/mol. The van der Waals surface area contributed by atoms with Crippen molar-refractivity contribution in [2.24, 2.45) is 0 Å². The third-order valence-electron chi connectivity index (χ3n) is 3.31. The van der Waals surface area contributed by atoms with E-state index < -0.39 is 0 Å². The molecule has 0 aliphatic carbocycles. The van der Waals surface area contributed by atoms with Crippen LogP contribution in [-0.2, 0) is 9.59 Å². The van der Waals surface area contributed by atoms with Crippen molar-refractivity contribution in [1.29, 1.82) is 0 Å². The minimum atomic E-state index is 0.302. The second-order valence-corrected chi connectivity index (χ2v) is 4.68. The summed E-state index contributed by atoms with van der Waals surface area (Å²) in [6.07, 6.45) is 5.79. The molecule has 2 atom stereocenters. The van der Waals surface area contributed by atoms with E-state index in [0.29, 0.717) is 49.3 Å². The minimum Gasteiger partial charge on any atom is -0.310 e. The summed E-state index contributed by atoms with van der Waals surface area (Å²) < 4.78 is 0. The molecule has 0 radical (unpaired) electrons. The molecular formula is C13H23NO2. The van der Waals surface area contributed by atoms with E-state index in [1.165, 1.54) is 0 Å². The smallest absolute Gasteiger partial charge is 0.134 e.